The standard InChI is InChI=1S/C25H25FN8O3/c1-36-18-12-16(19(26)15-4-3-11-37-21(15)18)20(31-14-8-6-13(7-9-14)22(27)28)24-32-25(35)34(33-24)17-5-2-10-30-23(17)29/h2,5-10,12,20,31H,3-4,11H2,1H3,(H3,27,28)(H2,29,30)(H,32,33,35)/t20-/m0/s1. The van der Waals surface area contributed by atoms with Crippen molar-refractivity contribution in [2.24, 2.45) is 5.73 Å². The number of hydrogen-bond donors (Lipinski definition) is 5. The van der Waals surface area contributed by atoms with Gasteiger partial charge in [0.05, 0.1) is 13.7 Å². The van der Waals surface area contributed by atoms with Gasteiger partial charge in [-0.25, -0.2) is 14.2 Å². The van der Waals surface area contributed by atoms with Crippen molar-refractivity contribution in [3.8, 4) is 17.2 Å². The normalized spacial score (nSPS) is 13.4. The van der Waals surface area contributed by atoms with E-state index in [1.807, 2.05) is 0 Å². The van der Waals surface area contributed by atoms with E-state index in [0.717, 1.165) is 4.68 Å². The molecule has 0 amide bonds. The molecule has 0 radical (unpaired) electrons. The van der Waals surface area contributed by atoms with E-state index in [-0.39, 0.29) is 28.7 Å². The number of fused-ring (bicyclic) bond motifs is 1. The van der Waals surface area contributed by atoms with Crippen LogP contribution in [0.15, 0.2) is 53.5 Å². The third kappa shape index (κ3) is 4.44. The lowest BCUT2D eigenvalue weighted by molar-refractivity contribution is 0.264. The Morgan fingerprint density at radius 1 is 1.32 bits per heavy atom. The summed E-state index contributed by atoms with van der Waals surface area (Å²) < 4.78 is 28.3. The number of benzene rings is 2. The highest BCUT2D eigenvalue weighted by Crippen LogP contribution is 2.41. The van der Waals surface area contributed by atoms with Crippen LogP contribution < -0.4 is 31.9 Å². The molecule has 37 heavy (non-hydrogen) atoms. The van der Waals surface area contributed by atoms with Crippen molar-refractivity contribution in [3.63, 3.8) is 0 Å². The van der Waals surface area contributed by atoms with Gasteiger partial charge in [0.15, 0.2) is 17.3 Å². The second-order valence-corrected chi connectivity index (χ2v) is 8.45. The van der Waals surface area contributed by atoms with Crippen LogP contribution in [0.4, 0.5) is 15.9 Å². The molecule has 0 saturated carbocycles. The van der Waals surface area contributed by atoms with E-state index in [4.69, 9.17) is 26.4 Å². The van der Waals surface area contributed by atoms with E-state index in [2.05, 4.69) is 20.4 Å². The average molecular weight is 505 g/mol. The van der Waals surface area contributed by atoms with Gasteiger partial charge in [-0.05, 0) is 55.3 Å². The second-order valence-electron chi connectivity index (χ2n) is 8.45. The Bertz CT molecular complexity index is 1530. The van der Waals surface area contributed by atoms with Crippen LogP contribution in [-0.2, 0) is 6.42 Å². The summed E-state index contributed by atoms with van der Waals surface area (Å²) in [6, 6.07) is 10.6. The molecule has 3 heterocycles. The maximum absolute atomic E-state index is 16.0. The van der Waals surface area contributed by atoms with E-state index >= 15 is 4.39 Å². The molecule has 190 valence electrons. The van der Waals surface area contributed by atoms with Gasteiger partial charge in [-0.15, -0.1) is 5.10 Å². The summed E-state index contributed by atoms with van der Waals surface area (Å²) in [5.41, 5.74) is 13.0. The quantitative estimate of drug-likeness (QED) is 0.189. The van der Waals surface area contributed by atoms with Gasteiger partial charge >= 0.3 is 5.69 Å². The average Bonchev–Trinajstić information content (AvgIpc) is 3.29. The van der Waals surface area contributed by atoms with Gasteiger partial charge in [-0.3, -0.25) is 10.4 Å². The van der Waals surface area contributed by atoms with Crippen molar-refractivity contribution >= 4 is 17.3 Å². The predicted octanol–water partition coefficient (Wildman–Crippen LogP) is 2.50. The lowest BCUT2D eigenvalue weighted by Gasteiger charge is -2.25. The Kier molecular flexibility index (Phi) is 6.22. The molecule has 1 aliphatic rings. The van der Waals surface area contributed by atoms with Crippen molar-refractivity contribution in [1.29, 1.82) is 5.41 Å². The number of rotatable bonds is 7. The molecule has 1 atom stereocenters. The Morgan fingerprint density at radius 2 is 2.11 bits per heavy atom. The van der Waals surface area contributed by atoms with E-state index < -0.39 is 17.5 Å². The maximum atomic E-state index is 16.0. The Labute approximate surface area is 210 Å². The molecule has 11 nitrogen and oxygen atoms in total. The summed E-state index contributed by atoms with van der Waals surface area (Å²) in [5.74, 6) is 0.451. The first kappa shape index (κ1) is 23.9. The number of anilines is 2. The number of hydrogen-bond acceptors (Lipinski definition) is 8. The van der Waals surface area contributed by atoms with Gasteiger partial charge in [0.2, 0.25) is 0 Å². The Hall–Kier alpha value is -4.87. The van der Waals surface area contributed by atoms with E-state index in [1.54, 1.807) is 36.4 Å². The highest BCUT2D eigenvalue weighted by Gasteiger charge is 2.30. The molecule has 0 aliphatic carbocycles. The van der Waals surface area contributed by atoms with Crippen LogP contribution in [0.1, 0.15) is 35.0 Å². The minimum atomic E-state index is -0.934. The Morgan fingerprint density at radius 3 is 2.81 bits per heavy atom. The molecule has 0 fully saturated rings. The number of nitrogens with two attached hydrogens (primary N) is 2. The number of aromatic nitrogens is 4. The number of ether oxygens (including phenoxy) is 2. The van der Waals surface area contributed by atoms with E-state index in [9.17, 15) is 4.79 Å². The molecule has 0 unspecified atom stereocenters. The zero-order valence-electron chi connectivity index (χ0n) is 19.9. The summed E-state index contributed by atoms with van der Waals surface area (Å²) in [4.78, 5) is 19.6. The maximum Gasteiger partial charge on any atom is 0.348 e. The predicted molar refractivity (Wildman–Crippen MR) is 136 cm³/mol. The zero-order valence-corrected chi connectivity index (χ0v) is 19.9. The fourth-order valence-electron chi connectivity index (χ4n) is 4.29. The van der Waals surface area contributed by atoms with Gasteiger partial charge in [-0.2, -0.15) is 4.68 Å². The first-order chi connectivity index (χ1) is 17.9. The number of nitrogen functional groups attached to an aromatic ring is 2. The first-order valence-electron chi connectivity index (χ1n) is 11.5. The van der Waals surface area contributed by atoms with Crippen molar-refractivity contribution in [3.05, 3.63) is 87.5 Å². The number of pyridine rings is 1. The number of H-pyrrole nitrogens is 1. The largest absolute Gasteiger partial charge is 0.493 e. The molecular formula is C25H25FN8O3. The fourth-order valence-corrected chi connectivity index (χ4v) is 4.29. The Balaban J connectivity index is 1.66. The zero-order chi connectivity index (χ0) is 26.1. The van der Waals surface area contributed by atoms with Crippen molar-refractivity contribution in [1.82, 2.24) is 19.7 Å². The third-order valence-corrected chi connectivity index (χ3v) is 6.11. The van der Waals surface area contributed by atoms with Gasteiger partial charge in [0.25, 0.3) is 0 Å². The van der Waals surface area contributed by atoms with Crippen LogP contribution in [0.25, 0.3) is 5.69 Å². The van der Waals surface area contributed by atoms with Crippen LogP contribution >= 0.6 is 0 Å². The van der Waals surface area contributed by atoms with Crippen LogP contribution in [0.3, 0.4) is 0 Å². The highest BCUT2D eigenvalue weighted by atomic mass is 19.1. The SMILES string of the molecule is COc1cc([C@H](Nc2ccc(C(=N)N)cc2)c2nn(-c3cccnc3N)c(=O)[nH]2)c(F)c2c1OCCC2. The summed E-state index contributed by atoms with van der Waals surface area (Å²) in [6.45, 7) is 0.469. The third-order valence-electron chi connectivity index (χ3n) is 6.11. The van der Waals surface area contributed by atoms with Gasteiger partial charge in [-0.1, -0.05) is 0 Å². The highest BCUT2D eigenvalue weighted by molar-refractivity contribution is 5.95. The molecule has 2 aromatic carbocycles. The minimum Gasteiger partial charge on any atom is -0.493 e. The van der Waals surface area contributed by atoms with Crippen molar-refractivity contribution in [2.75, 3.05) is 24.8 Å². The van der Waals surface area contributed by atoms with Crippen LogP contribution in [0.5, 0.6) is 11.5 Å². The lowest BCUT2D eigenvalue weighted by Crippen LogP contribution is -2.20. The van der Waals surface area contributed by atoms with Crippen molar-refractivity contribution in [2.45, 2.75) is 18.9 Å². The molecule has 0 saturated heterocycles. The summed E-state index contributed by atoms with van der Waals surface area (Å²) >= 11 is 0. The van der Waals surface area contributed by atoms with Gasteiger partial charge in [0, 0.05) is 28.6 Å². The number of halogens is 1. The fraction of sp³-hybridized carbons (Fsp3) is 0.200. The number of nitrogens with zero attached hydrogens (tertiary/aromatic N) is 3. The van der Waals surface area contributed by atoms with Crippen molar-refractivity contribution < 1.29 is 13.9 Å². The van der Waals surface area contributed by atoms with Gasteiger partial charge in [0.1, 0.15) is 29.2 Å². The van der Waals surface area contributed by atoms with E-state index in [0.29, 0.717) is 47.8 Å². The van der Waals surface area contributed by atoms with E-state index in [1.165, 1.54) is 19.4 Å². The second kappa shape index (κ2) is 9.64. The molecule has 7 N–H and O–H groups in total. The molecule has 1 aliphatic heterocycles. The minimum absolute atomic E-state index is 0.0781. The van der Waals surface area contributed by atoms with Crippen LogP contribution in [0.2, 0.25) is 0 Å². The number of methoxy groups -OCH3 is 1. The molecule has 12 heteroatoms. The summed E-state index contributed by atoms with van der Waals surface area (Å²) in [6.07, 6.45) is 2.64. The smallest absolute Gasteiger partial charge is 0.348 e. The molecular weight excluding hydrogens is 479 g/mol. The molecule has 2 aromatic heterocycles. The molecule has 5 rings (SSSR count). The van der Waals surface area contributed by atoms with Gasteiger partial charge < -0.3 is 26.3 Å². The number of nitrogens with one attached hydrogen (secondary N) is 3. The van der Waals surface area contributed by atoms with Crippen LogP contribution in [-0.4, -0.2) is 39.3 Å². The first-order valence-corrected chi connectivity index (χ1v) is 11.5. The summed E-state index contributed by atoms with van der Waals surface area (Å²) in [5, 5.41) is 15.3. The monoisotopic (exact) mass is 504 g/mol. The molecule has 4 aromatic rings. The lowest BCUT2D eigenvalue weighted by atomic mass is 9.96. The molecule has 0 spiro atoms. The molecule has 0 bridgehead atoms. The summed E-state index contributed by atoms with van der Waals surface area (Å²) in [7, 11) is 1.49. The van der Waals surface area contributed by atoms with Crippen LogP contribution in [0, 0.1) is 11.2 Å². The number of amidine groups is 1. The topological polar surface area (TPSA) is 170 Å². The number of aromatic amines is 1.